The van der Waals surface area contributed by atoms with E-state index in [4.69, 9.17) is 0 Å². The van der Waals surface area contributed by atoms with Gasteiger partial charge in [-0.3, -0.25) is 0 Å². The van der Waals surface area contributed by atoms with Gasteiger partial charge in [-0.25, -0.2) is 4.39 Å². The third-order valence-electron chi connectivity index (χ3n) is 2.65. The Kier molecular flexibility index (Phi) is 3.83. The molecule has 6 heteroatoms. The predicted molar refractivity (Wildman–Crippen MR) is 66.8 cm³/mol. The summed E-state index contributed by atoms with van der Waals surface area (Å²) in [5.74, 6) is -0.775. The molecular weight excluding hydrogens is 274 g/mol. The van der Waals surface area contributed by atoms with Crippen molar-refractivity contribution in [1.29, 1.82) is 0 Å². The Balaban J connectivity index is 2.04. The van der Waals surface area contributed by atoms with Crippen LogP contribution in [0, 0.1) is 5.82 Å². The van der Waals surface area contributed by atoms with Gasteiger partial charge in [-0.05, 0) is 42.0 Å². The van der Waals surface area contributed by atoms with E-state index < -0.39 is 17.6 Å². The number of hydrogen-bond donors (Lipinski definition) is 2. The van der Waals surface area contributed by atoms with Crippen molar-refractivity contribution in [2.45, 2.75) is 12.7 Å². The van der Waals surface area contributed by atoms with Crippen LogP contribution in [0.1, 0.15) is 11.1 Å². The summed E-state index contributed by atoms with van der Waals surface area (Å²) in [6, 6.07) is 8.10. The molecule has 2 rings (SSSR count). The first-order valence-electron chi connectivity index (χ1n) is 5.74. The molecule has 0 radical (unpaired) electrons. The molecule has 0 aliphatic heterocycles. The smallest absolute Gasteiger partial charge is 0.416 e. The maximum Gasteiger partial charge on any atom is 0.416 e. The van der Waals surface area contributed by atoms with E-state index >= 15 is 0 Å². The Hall–Kier alpha value is -2.24. The number of aromatic hydroxyl groups is 1. The van der Waals surface area contributed by atoms with Crippen molar-refractivity contribution in [3.63, 3.8) is 0 Å². The Bertz CT molecular complexity index is 573. The third kappa shape index (κ3) is 3.63. The van der Waals surface area contributed by atoms with Crippen LogP contribution in [-0.4, -0.2) is 5.11 Å². The van der Waals surface area contributed by atoms with Crippen molar-refractivity contribution in [3.05, 3.63) is 59.4 Å². The number of alkyl halides is 3. The van der Waals surface area contributed by atoms with Crippen LogP contribution >= 0.6 is 0 Å². The van der Waals surface area contributed by atoms with Crippen LogP contribution in [0.2, 0.25) is 0 Å². The van der Waals surface area contributed by atoms with Crippen LogP contribution in [0.15, 0.2) is 42.5 Å². The second kappa shape index (κ2) is 5.40. The summed E-state index contributed by atoms with van der Waals surface area (Å²) in [4.78, 5) is 0. The summed E-state index contributed by atoms with van der Waals surface area (Å²) in [5.41, 5.74) is 0.232. The molecular formula is C14H11F4NO. The highest BCUT2D eigenvalue weighted by Gasteiger charge is 2.29. The number of benzene rings is 2. The SMILES string of the molecule is Oc1cc(F)cc(CNc2ccc(C(F)(F)F)cc2)c1. The molecule has 0 spiro atoms. The maximum absolute atomic E-state index is 13.0. The summed E-state index contributed by atoms with van der Waals surface area (Å²) >= 11 is 0. The van der Waals surface area contributed by atoms with Crippen LogP contribution in [0.4, 0.5) is 23.2 Å². The van der Waals surface area contributed by atoms with Crippen molar-refractivity contribution in [2.24, 2.45) is 0 Å². The number of phenolic OH excluding ortho intramolecular Hbond substituents is 1. The number of rotatable bonds is 3. The van der Waals surface area contributed by atoms with Crippen LogP contribution < -0.4 is 5.32 Å². The van der Waals surface area contributed by atoms with Gasteiger partial charge in [0.2, 0.25) is 0 Å². The zero-order valence-electron chi connectivity index (χ0n) is 10.2. The average Bonchev–Trinajstić information content (AvgIpc) is 2.35. The molecule has 0 aliphatic rings. The molecule has 2 aromatic carbocycles. The predicted octanol–water partition coefficient (Wildman–Crippen LogP) is 4.16. The monoisotopic (exact) mass is 285 g/mol. The second-order valence-electron chi connectivity index (χ2n) is 4.25. The second-order valence-corrected chi connectivity index (χ2v) is 4.25. The van der Waals surface area contributed by atoms with E-state index in [-0.39, 0.29) is 12.3 Å². The van der Waals surface area contributed by atoms with Gasteiger partial charge < -0.3 is 10.4 Å². The van der Waals surface area contributed by atoms with Crippen LogP contribution in [0.5, 0.6) is 5.75 Å². The normalized spacial score (nSPS) is 11.4. The molecule has 0 bridgehead atoms. The van der Waals surface area contributed by atoms with Gasteiger partial charge in [0.1, 0.15) is 11.6 Å². The van der Waals surface area contributed by atoms with Gasteiger partial charge in [0.25, 0.3) is 0 Å². The molecule has 0 unspecified atom stereocenters. The van der Waals surface area contributed by atoms with Crippen molar-refractivity contribution in [3.8, 4) is 5.75 Å². The van der Waals surface area contributed by atoms with E-state index in [1.165, 1.54) is 24.3 Å². The quantitative estimate of drug-likeness (QED) is 0.830. The maximum atomic E-state index is 13.0. The third-order valence-corrected chi connectivity index (χ3v) is 2.65. The van der Waals surface area contributed by atoms with E-state index in [0.29, 0.717) is 11.3 Å². The molecule has 0 heterocycles. The van der Waals surface area contributed by atoms with Gasteiger partial charge in [0, 0.05) is 18.3 Å². The molecule has 2 N–H and O–H groups in total. The van der Waals surface area contributed by atoms with Crippen LogP contribution in [0.3, 0.4) is 0 Å². The minimum absolute atomic E-state index is 0.191. The molecule has 106 valence electrons. The van der Waals surface area contributed by atoms with Crippen molar-refractivity contribution in [1.82, 2.24) is 0 Å². The zero-order valence-corrected chi connectivity index (χ0v) is 10.2. The highest BCUT2D eigenvalue weighted by Crippen LogP contribution is 2.29. The Morgan fingerprint density at radius 3 is 2.20 bits per heavy atom. The van der Waals surface area contributed by atoms with Crippen LogP contribution in [-0.2, 0) is 12.7 Å². The lowest BCUT2D eigenvalue weighted by molar-refractivity contribution is -0.137. The van der Waals surface area contributed by atoms with E-state index in [1.807, 2.05) is 0 Å². The molecule has 2 aromatic rings. The molecule has 0 amide bonds. The zero-order chi connectivity index (χ0) is 14.8. The lowest BCUT2D eigenvalue weighted by Crippen LogP contribution is -2.05. The molecule has 0 fully saturated rings. The van der Waals surface area contributed by atoms with E-state index in [9.17, 15) is 22.7 Å². The molecule has 0 saturated heterocycles. The van der Waals surface area contributed by atoms with E-state index in [0.717, 1.165) is 18.2 Å². The highest BCUT2D eigenvalue weighted by atomic mass is 19.4. The van der Waals surface area contributed by atoms with Crippen molar-refractivity contribution in [2.75, 3.05) is 5.32 Å². The summed E-state index contributed by atoms with van der Waals surface area (Å²) in [5, 5.41) is 12.1. The Morgan fingerprint density at radius 1 is 1.00 bits per heavy atom. The van der Waals surface area contributed by atoms with Gasteiger partial charge in [-0.2, -0.15) is 13.2 Å². The number of nitrogens with one attached hydrogen (secondary N) is 1. The standard InChI is InChI=1S/C14H11F4NO/c15-11-5-9(6-13(20)7-11)8-19-12-3-1-10(2-4-12)14(16,17)18/h1-7,19-20H,8H2. The summed E-state index contributed by atoms with van der Waals surface area (Å²) in [7, 11) is 0. The lowest BCUT2D eigenvalue weighted by atomic mass is 10.1. The highest BCUT2D eigenvalue weighted by molar-refractivity contribution is 5.46. The fraction of sp³-hybridized carbons (Fsp3) is 0.143. The largest absolute Gasteiger partial charge is 0.508 e. The number of phenols is 1. The number of hydrogen-bond acceptors (Lipinski definition) is 2. The van der Waals surface area contributed by atoms with Gasteiger partial charge in [0.15, 0.2) is 0 Å². The lowest BCUT2D eigenvalue weighted by Gasteiger charge is -2.10. The van der Waals surface area contributed by atoms with Crippen molar-refractivity contribution >= 4 is 5.69 Å². The fourth-order valence-corrected chi connectivity index (χ4v) is 1.72. The summed E-state index contributed by atoms with van der Waals surface area (Å²) in [6.45, 7) is 0.191. The molecule has 2 nitrogen and oxygen atoms in total. The van der Waals surface area contributed by atoms with Gasteiger partial charge in [-0.15, -0.1) is 0 Å². The number of halogens is 4. The van der Waals surface area contributed by atoms with Gasteiger partial charge >= 0.3 is 6.18 Å². The van der Waals surface area contributed by atoms with E-state index in [1.54, 1.807) is 0 Å². The van der Waals surface area contributed by atoms with Crippen LogP contribution in [0.25, 0.3) is 0 Å². The fourth-order valence-electron chi connectivity index (χ4n) is 1.72. The Labute approximate surface area is 112 Å². The summed E-state index contributed by atoms with van der Waals surface area (Å²) in [6.07, 6.45) is -4.37. The minimum atomic E-state index is -4.37. The molecule has 0 saturated carbocycles. The van der Waals surface area contributed by atoms with Crippen molar-refractivity contribution < 1.29 is 22.7 Å². The molecule has 0 aliphatic carbocycles. The molecule has 0 atom stereocenters. The topological polar surface area (TPSA) is 32.3 Å². The summed E-state index contributed by atoms with van der Waals surface area (Å²) < 4.78 is 50.1. The first-order chi connectivity index (χ1) is 9.34. The minimum Gasteiger partial charge on any atom is -0.508 e. The first kappa shape index (κ1) is 14.2. The molecule has 0 aromatic heterocycles. The molecule has 20 heavy (non-hydrogen) atoms. The Morgan fingerprint density at radius 2 is 1.65 bits per heavy atom. The van der Waals surface area contributed by atoms with E-state index in [2.05, 4.69) is 5.32 Å². The number of anilines is 1. The van der Waals surface area contributed by atoms with Gasteiger partial charge in [0.05, 0.1) is 5.56 Å². The first-order valence-corrected chi connectivity index (χ1v) is 5.74. The van der Waals surface area contributed by atoms with Gasteiger partial charge in [-0.1, -0.05) is 0 Å². The average molecular weight is 285 g/mol.